The molecule has 0 spiro atoms. The van der Waals surface area contributed by atoms with Gasteiger partial charge < -0.3 is 14.4 Å². The third kappa shape index (κ3) is 7.88. The minimum atomic E-state index is -3.77. The van der Waals surface area contributed by atoms with Crippen LogP contribution in [0.15, 0.2) is 91.0 Å². The second-order valence-electron chi connectivity index (χ2n) is 12.0. The summed E-state index contributed by atoms with van der Waals surface area (Å²) in [5, 5.41) is 11.2. The number of piperidine rings is 1. The van der Waals surface area contributed by atoms with Crippen LogP contribution in [0.1, 0.15) is 50.3 Å². The number of carbonyl (C=O) groups excluding carboxylic acids is 1. The molecule has 0 unspecified atom stereocenters. The molecule has 1 saturated heterocycles. The van der Waals surface area contributed by atoms with Crippen molar-refractivity contribution in [2.75, 3.05) is 17.4 Å². The van der Waals surface area contributed by atoms with Gasteiger partial charge in [-0.3, -0.25) is 4.31 Å². The molecule has 4 aromatic rings. The minimum absolute atomic E-state index is 0.0617. The second kappa shape index (κ2) is 13.0. The van der Waals surface area contributed by atoms with Crippen LogP contribution < -0.4 is 9.04 Å². The quantitative estimate of drug-likeness (QED) is 0.212. The Morgan fingerprint density at radius 3 is 2.25 bits per heavy atom. The van der Waals surface area contributed by atoms with Crippen molar-refractivity contribution in [3.05, 3.63) is 108 Å². The smallest absolute Gasteiger partial charge is 0.410 e. The number of rotatable bonds is 8. The molecule has 1 heterocycles. The number of sulfonamides is 1. The van der Waals surface area contributed by atoms with Gasteiger partial charge in [-0.1, -0.05) is 48.5 Å². The molecule has 44 heavy (non-hydrogen) atoms. The van der Waals surface area contributed by atoms with Gasteiger partial charge in [-0.25, -0.2) is 13.2 Å². The maximum atomic E-state index is 13.9. The van der Waals surface area contributed by atoms with E-state index < -0.39 is 15.6 Å². The largest absolute Gasteiger partial charge is 0.490 e. The van der Waals surface area contributed by atoms with Gasteiger partial charge in [0.25, 0.3) is 0 Å². The summed E-state index contributed by atoms with van der Waals surface area (Å²) in [6, 6.07) is 29.7. The first-order chi connectivity index (χ1) is 21.0. The Hall–Kier alpha value is -4.55. The number of benzene rings is 4. The van der Waals surface area contributed by atoms with Gasteiger partial charge in [0, 0.05) is 25.9 Å². The molecule has 0 radical (unpaired) electrons. The van der Waals surface area contributed by atoms with E-state index in [0.29, 0.717) is 48.5 Å². The van der Waals surface area contributed by atoms with Crippen molar-refractivity contribution in [1.29, 1.82) is 5.26 Å². The van der Waals surface area contributed by atoms with Crippen LogP contribution in [0.3, 0.4) is 0 Å². The lowest BCUT2D eigenvalue weighted by Gasteiger charge is -2.33. The third-order valence-electron chi connectivity index (χ3n) is 7.41. The van der Waals surface area contributed by atoms with Gasteiger partial charge >= 0.3 is 6.09 Å². The third-order valence-corrected chi connectivity index (χ3v) is 9.12. The van der Waals surface area contributed by atoms with E-state index in [-0.39, 0.29) is 24.5 Å². The van der Waals surface area contributed by atoms with Gasteiger partial charge in [0.05, 0.1) is 29.6 Å². The van der Waals surface area contributed by atoms with Gasteiger partial charge in [-0.15, -0.1) is 0 Å². The molecular formula is C35H37N3O5S. The van der Waals surface area contributed by atoms with Crippen LogP contribution in [-0.2, 0) is 27.1 Å². The van der Waals surface area contributed by atoms with Crippen molar-refractivity contribution in [2.24, 2.45) is 0 Å². The number of hydrogen-bond donors (Lipinski definition) is 0. The Morgan fingerprint density at radius 2 is 1.59 bits per heavy atom. The highest BCUT2D eigenvalue weighted by Crippen LogP contribution is 2.29. The molecule has 1 fully saturated rings. The van der Waals surface area contributed by atoms with Crippen molar-refractivity contribution in [3.63, 3.8) is 0 Å². The summed E-state index contributed by atoms with van der Waals surface area (Å²) in [6.07, 6.45) is 0.977. The number of nitriles is 1. The zero-order valence-electron chi connectivity index (χ0n) is 25.3. The van der Waals surface area contributed by atoms with Crippen molar-refractivity contribution < 1.29 is 22.7 Å². The lowest BCUT2D eigenvalue weighted by Crippen LogP contribution is -2.44. The van der Waals surface area contributed by atoms with Gasteiger partial charge in [0.15, 0.2) is 0 Å². The molecule has 228 valence electrons. The number of likely N-dealkylation sites (tertiary alicyclic amines) is 1. The predicted octanol–water partition coefficient (Wildman–Crippen LogP) is 7.03. The first-order valence-electron chi connectivity index (χ1n) is 14.7. The second-order valence-corrected chi connectivity index (χ2v) is 13.9. The molecule has 4 aromatic carbocycles. The van der Waals surface area contributed by atoms with E-state index in [4.69, 9.17) is 9.47 Å². The Morgan fingerprint density at radius 1 is 0.909 bits per heavy atom. The maximum Gasteiger partial charge on any atom is 0.410 e. The Labute approximate surface area is 259 Å². The van der Waals surface area contributed by atoms with Crippen LogP contribution in [0.5, 0.6) is 5.75 Å². The standard InChI is InChI=1S/C35H37N3O5S/c1-35(2,3)43-34(39)37-19-17-33(18-20-37)42-32-15-13-31(14-16-32)38(44(40,41)25-26-7-5-4-6-8-26)24-28-10-12-29-11-9-27(23-36)21-30(29)22-28/h4-16,21-22,33H,17-20,24-25H2,1-3H3. The normalized spacial score (nSPS) is 14.2. The molecule has 0 aliphatic carbocycles. The summed E-state index contributed by atoms with van der Waals surface area (Å²) in [4.78, 5) is 14.1. The van der Waals surface area contributed by atoms with E-state index >= 15 is 0 Å². The van der Waals surface area contributed by atoms with Crippen LogP contribution in [0.4, 0.5) is 10.5 Å². The van der Waals surface area contributed by atoms with E-state index in [1.165, 1.54) is 4.31 Å². The zero-order chi connectivity index (χ0) is 31.3. The van der Waals surface area contributed by atoms with E-state index in [0.717, 1.165) is 16.3 Å². The molecule has 0 aromatic heterocycles. The molecule has 8 nitrogen and oxygen atoms in total. The highest BCUT2D eigenvalue weighted by Gasteiger charge is 2.28. The molecular weight excluding hydrogens is 574 g/mol. The van der Waals surface area contributed by atoms with Crippen LogP contribution in [0, 0.1) is 11.3 Å². The van der Waals surface area contributed by atoms with Crippen molar-refractivity contribution in [2.45, 2.75) is 57.6 Å². The summed E-state index contributed by atoms with van der Waals surface area (Å²) in [7, 11) is -3.77. The number of fused-ring (bicyclic) bond motifs is 1. The fraction of sp³-hybridized carbons (Fsp3) is 0.314. The van der Waals surface area contributed by atoms with E-state index in [1.54, 1.807) is 47.4 Å². The summed E-state index contributed by atoms with van der Waals surface area (Å²) in [5.41, 5.74) is 2.05. The van der Waals surface area contributed by atoms with Crippen molar-refractivity contribution in [1.82, 2.24) is 4.90 Å². The number of amides is 1. The maximum absolute atomic E-state index is 13.9. The van der Waals surface area contributed by atoms with Crippen LogP contribution in [-0.4, -0.2) is 44.2 Å². The van der Waals surface area contributed by atoms with Crippen LogP contribution in [0.2, 0.25) is 0 Å². The molecule has 9 heteroatoms. The van der Waals surface area contributed by atoms with E-state index in [1.807, 2.05) is 69.3 Å². The molecule has 0 saturated carbocycles. The first kappa shape index (κ1) is 30.9. The fourth-order valence-electron chi connectivity index (χ4n) is 5.21. The van der Waals surface area contributed by atoms with Crippen molar-refractivity contribution >= 4 is 32.6 Å². The molecule has 1 amide bonds. The average molecular weight is 612 g/mol. The highest BCUT2D eigenvalue weighted by molar-refractivity contribution is 7.92. The molecule has 1 aliphatic rings. The van der Waals surface area contributed by atoms with Crippen LogP contribution in [0.25, 0.3) is 10.8 Å². The monoisotopic (exact) mass is 611 g/mol. The van der Waals surface area contributed by atoms with Gasteiger partial charge in [-0.2, -0.15) is 5.26 Å². The average Bonchev–Trinajstić information content (AvgIpc) is 2.99. The Kier molecular flexibility index (Phi) is 9.12. The van der Waals surface area contributed by atoms with E-state index in [2.05, 4.69) is 6.07 Å². The number of nitrogens with zero attached hydrogens (tertiary/aromatic N) is 3. The summed E-state index contributed by atoms with van der Waals surface area (Å²) in [6.45, 7) is 6.78. The zero-order valence-corrected chi connectivity index (χ0v) is 26.1. The molecule has 0 N–H and O–H groups in total. The van der Waals surface area contributed by atoms with Gasteiger partial charge in [-0.05, 0) is 85.1 Å². The van der Waals surface area contributed by atoms with Gasteiger partial charge in [0.1, 0.15) is 17.5 Å². The first-order valence-corrected chi connectivity index (χ1v) is 16.3. The SMILES string of the molecule is CC(C)(C)OC(=O)N1CCC(Oc2ccc(N(Cc3ccc4ccc(C#N)cc4c3)S(=O)(=O)Cc3ccccc3)cc2)CC1. The lowest BCUT2D eigenvalue weighted by molar-refractivity contribution is 0.0126. The number of anilines is 1. The molecule has 0 atom stereocenters. The van der Waals surface area contributed by atoms with Crippen LogP contribution >= 0.6 is 0 Å². The molecule has 1 aliphatic heterocycles. The summed E-state index contributed by atoms with van der Waals surface area (Å²) in [5.74, 6) is 0.494. The number of carbonyl (C=O) groups is 1. The minimum Gasteiger partial charge on any atom is -0.490 e. The van der Waals surface area contributed by atoms with E-state index in [9.17, 15) is 18.5 Å². The number of hydrogen-bond acceptors (Lipinski definition) is 6. The Bertz CT molecular complexity index is 1750. The predicted molar refractivity (Wildman–Crippen MR) is 172 cm³/mol. The topological polar surface area (TPSA) is 99.9 Å². The van der Waals surface area contributed by atoms with Gasteiger partial charge in [0.2, 0.25) is 10.0 Å². The number of ether oxygens (including phenoxy) is 2. The lowest BCUT2D eigenvalue weighted by atomic mass is 10.0. The fourth-order valence-corrected chi connectivity index (χ4v) is 6.77. The summed E-state index contributed by atoms with van der Waals surface area (Å²) < 4.78 is 40.8. The highest BCUT2D eigenvalue weighted by atomic mass is 32.2. The van der Waals surface area contributed by atoms with Crippen molar-refractivity contribution in [3.8, 4) is 11.8 Å². The Balaban J connectivity index is 1.33. The summed E-state index contributed by atoms with van der Waals surface area (Å²) >= 11 is 0. The molecule has 5 rings (SSSR count). The molecule has 0 bridgehead atoms.